The zero-order valence-corrected chi connectivity index (χ0v) is 10.2. The Morgan fingerprint density at radius 2 is 2.19 bits per heavy atom. The molecule has 1 atom stereocenters. The minimum absolute atomic E-state index is 0.0793. The van der Waals surface area contributed by atoms with Crippen molar-refractivity contribution in [3.63, 3.8) is 0 Å². The number of carbonyl (C=O) groups is 1. The number of hydrogen-bond donors (Lipinski definition) is 1. The quantitative estimate of drug-likeness (QED) is 0.748. The highest BCUT2D eigenvalue weighted by atomic mass is 16.1. The second-order valence-electron chi connectivity index (χ2n) is 4.25. The molecule has 0 fully saturated rings. The summed E-state index contributed by atoms with van der Waals surface area (Å²) >= 11 is 0. The molecule has 0 heterocycles. The third kappa shape index (κ3) is 3.46. The molecular weight excluding hydrogens is 198 g/mol. The number of rotatable bonds is 6. The van der Waals surface area contributed by atoms with E-state index in [0.717, 1.165) is 24.8 Å². The van der Waals surface area contributed by atoms with Gasteiger partial charge in [-0.15, -0.1) is 0 Å². The molecule has 88 valence electrons. The first-order chi connectivity index (χ1) is 7.69. The Bertz CT molecular complexity index is 346. The van der Waals surface area contributed by atoms with Crippen LogP contribution in [0.5, 0.6) is 0 Å². The second-order valence-corrected chi connectivity index (χ2v) is 4.25. The largest absolute Gasteiger partial charge is 0.330 e. The van der Waals surface area contributed by atoms with E-state index in [1.165, 1.54) is 5.56 Å². The van der Waals surface area contributed by atoms with Gasteiger partial charge in [-0.3, -0.25) is 4.79 Å². The van der Waals surface area contributed by atoms with Crippen LogP contribution in [-0.4, -0.2) is 12.3 Å². The number of nitrogens with two attached hydrogens (primary N) is 1. The molecular formula is C14H21NO. The van der Waals surface area contributed by atoms with Crippen molar-refractivity contribution < 1.29 is 4.79 Å². The maximum atomic E-state index is 12.1. The summed E-state index contributed by atoms with van der Waals surface area (Å²) in [5.41, 5.74) is 7.51. The van der Waals surface area contributed by atoms with Crippen LogP contribution in [0, 0.1) is 5.92 Å². The van der Waals surface area contributed by atoms with Gasteiger partial charge in [0.1, 0.15) is 0 Å². The molecule has 1 aromatic rings. The Morgan fingerprint density at radius 3 is 2.81 bits per heavy atom. The lowest BCUT2D eigenvalue weighted by molar-refractivity contribution is 0.0923. The number of carbonyl (C=O) groups excluding carboxylic acids is 1. The fourth-order valence-electron chi connectivity index (χ4n) is 1.78. The third-order valence-electron chi connectivity index (χ3n) is 2.91. The van der Waals surface area contributed by atoms with Crippen molar-refractivity contribution in [3.05, 3.63) is 35.4 Å². The van der Waals surface area contributed by atoms with Crippen LogP contribution in [0.15, 0.2) is 24.3 Å². The van der Waals surface area contributed by atoms with E-state index in [0.29, 0.717) is 6.54 Å². The molecule has 1 unspecified atom stereocenters. The average Bonchev–Trinajstić information content (AvgIpc) is 2.35. The monoisotopic (exact) mass is 219 g/mol. The summed E-state index contributed by atoms with van der Waals surface area (Å²) in [7, 11) is 0. The van der Waals surface area contributed by atoms with Crippen LogP contribution in [0.25, 0.3) is 0 Å². The zero-order valence-electron chi connectivity index (χ0n) is 10.2. The average molecular weight is 219 g/mol. The van der Waals surface area contributed by atoms with Crippen LogP contribution in [0.1, 0.15) is 42.6 Å². The molecule has 1 aromatic carbocycles. The third-order valence-corrected chi connectivity index (χ3v) is 2.91. The molecule has 0 radical (unpaired) electrons. The predicted octanol–water partition coefficient (Wildman–Crippen LogP) is 2.81. The number of ketones is 1. The maximum absolute atomic E-state index is 12.1. The standard InChI is InChI=1S/C14H21NO/c1-3-12-7-4-8-13(10-12)14(16)11(2)6-5-9-15/h4,7-8,10-11H,3,5-6,9,15H2,1-2H3. The lowest BCUT2D eigenvalue weighted by Gasteiger charge is -2.10. The summed E-state index contributed by atoms with van der Waals surface area (Å²) in [5, 5.41) is 0. The SMILES string of the molecule is CCc1cccc(C(=O)C(C)CCCN)c1. The summed E-state index contributed by atoms with van der Waals surface area (Å²) < 4.78 is 0. The van der Waals surface area contributed by atoms with Gasteiger partial charge in [-0.2, -0.15) is 0 Å². The van der Waals surface area contributed by atoms with Gasteiger partial charge < -0.3 is 5.73 Å². The normalized spacial score (nSPS) is 12.4. The van der Waals surface area contributed by atoms with Crippen LogP contribution in [0.2, 0.25) is 0 Å². The molecule has 2 nitrogen and oxygen atoms in total. The lowest BCUT2D eigenvalue weighted by atomic mass is 9.94. The molecule has 0 spiro atoms. The van der Waals surface area contributed by atoms with Crippen molar-refractivity contribution in [2.45, 2.75) is 33.1 Å². The zero-order chi connectivity index (χ0) is 12.0. The van der Waals surface area contributed by atoms with E-state index in [9.17, 15) is 4.79 Å². The van der Waals surface area contributed by atoms with E-state index in [1.807, 2.05) is 25.1 Å². The molecule has 0 amide bonds. The van der Waals surface area contributed by atoms with Gasteiger partial charge in [-0.05, 0) is 37.4 Å². The van der Waals surface area contributed by atoms with Crippen LogP contribution in [-0.2, 0) is 6.42 Å². The molecule has 2 heteroatoms. The first kappa shape index (κ1) is 12.9. The minimum Gasteiger partial charge on any atom is -0.330 e. The number of Topliss-reactive ketones (excluding diaryl/α,β-unsaturated/α-hetero) is 1. The van der Waals surface area contributed by atoms with Crippen molar-refractivity contribution in [2.24, 2.45) is 11.7 Å². The highest BCUT2D eigenvalue weighted by molar-refractivity contribution is 5.97. The molecule has 0 aliphatic heterocycles. The van der Waals surface area contributed by atoms with E-state index in [-0.39, 0.29) is 11.7 Å². The highest BCUT2D eigenvalue weighted by Gasteiger charge is 2.14. The Labute approximate surface area is 97.9 Å². The van der Waals surface area contributed by atoms with Gasteiger partial charge >= 0.3 is 0 Å². The summed E-state index contributed by atoms with van der Waals surface area (Å²) in [5.74, 6) is 0.319. The molecule has 0 bridgehead atoms. The van der Waals surface area contributed by atoms with Gasteiger partial charge in [0.05, 0.1) is 0 Å². The summed E-state index contributed by atoms with van der Waals surface area (Å²) in [6.45, 7) is 4.74. The van der Waals surface area contributed by atoms with Gasteiger partial charge in [0.2, 0.25) is 0 Å². The molecule has 0 saturated carbocycles. The topological polar surface area (TPSA) is 43.1 Å². The Balaban J connectivity index is 2.71. The molecule has 1 rings (SSSR count). The van der Waals surface area contributed by atoms with Crippen LogP contribution < -0.4 is 5.73 Å². The van der Waals surface area contributed by atoms with Crippen molar-refractivity contribution in [2.75, 3.05) is 6.54 Å². The molecule has 16 heavy (non-hydrogen) atoms. The van der Waals surface area contributed by atoms with Crippen molar-refractivity contribution in [1.82, 2.24) is 0 Å². The van der Waals surface area contributed by atoms with Gasteiger partial charge in [-0.25, -0.2) is 0 Å². The Morgan fingerprint density at radius 1 is 1.44 bits per heavy atom. The first-order valence-electron chi connectivity index (χ1n) is 6.02. The van der Waals surface area contributed by atoms with E-state index in [1.54, 1.807) is 0 Å². The van der Waals surface area contributed by atoms with Gasteiger partial charge in [-0.1, -0.05) is 32.0 Å². The Hall–Kier alpha value is -1.15. The van der Waals surface area contributed by atoms with Crippen molar-refractivity contribution in [1.29, 1.82) is 0 Å². The van der Waals surface area contributed by atoms with Gasteiger partial charge in [0.15, 0.2) is 5.78 Å². The summed E-state index contributed by atoms with van der Waals surface area (Å²) in [6, 6.07) is 7.92. The predicted molar refractivity (Wildman–Crippen MR) is 67.6 cm³/mol. The van der Waals surface area contributed by atoms with E-state index >= 15 is 0 Å². The molecule has 0 aromatic heterocycles. The molecule has 0 aliphatic carbocycles. The number of hydrogen-bond acceptors (Lipinski definition) is 2. The lowest BCUT2D eigenvalue weighted by Crippen LogP contribution is -2.13. The van der Waals surface area contributed by atoms with Gasteiger partial charge in [0, 0.05) is 11.5 Å². The summed E-state index contributed by atoms with van der Waals surface area (Å²) in [4.78, 5) is 12.1. The smallest absolute Gasteiger partial charge is 0.165 e. The number of benzene rings is 1. The van der Waals surface area contributed by atoms with Crippen LogP contribution in [0.3, 0.4) is 0 Å². The van der Waals surface area contributed by atoms with E-state index in [4.69, 9.17) is 5.73 Å². The molecule has 0 saturated heterocycles. The summed E-state index contributed by atoms with van der Waals surface area (Å²) in [6.07, 6.45) is 2.77. The number of aryl methyl sites for hydroxylation is 1. The highest BCUT2D eigenvalue weighted by Crippen LogP contribution is 2.15. The van der Waals surface area contributed by atoms with E-state index < -0.39 is 0 Å². The molecule has 2 N–H and O–H groups in total. The van der Waals surface area contributed by atoms with Crippen LogP contribution in [0.4, 0.5) is 0 Å². The van der Waals surface area contributed by atoms with Crippen LogP contribution >= 0.6 is 0 Å². The minimum atomic E-state index is 0.0793. The fourth-order valence-corrected chi connectivity index (χ4v) is 1.78. The first-order valence-corrected chi connectivity index (χ1v) is 6.02. The van der Waals surface area contributed by atoms with E-state index in [2.05, 4.69) is 13.0 Å². The maximum Gasteiger partial charge on any atom is 0.165 e. The van der Waals surface area contributed by atoms with Gasteiger partial charge in [0.25, 0.3) is 0 Å². The second kappa shape index (κ2) is 6.44. The Kier molecular flexibility index (Phi) is 5.20. The fraction of sp³-hybridized carbons (Fsp3) is 0.500. The molecule has 0 aliphatic rings. The van der Waals surface area contributed by atoms with Crippen molar-refractivity contribution >= 4 is 5.78 Å². The van der Waals surface area contributed by atoms with Crippen molar-refractivity contribution in [3.8, 4) is 0 Å².